The molecule has 0 spiro atoms. The Balaban J connectivity index is 2.49. The van der Waals surface area contributed by atoms with Crippen molar-refractivity contribution in [2.45, 2.75) is 13.8 Å². The molecule has 0 aliphatic rings. The highest BCUT2D eigenvalue weighted by atomic mass is 127. The summed E-state index contributed by atoms with van der Waals surface area (Å²) in [6.45, 7) is 3.63. The number of nitrogens with zero attached hydrogens (tertiary/aromatic N) is 2. The van der Waals surface area contributed by atoms with Crippen molar-refractivity contribution in [3.05, 3.63) is 32.8 Å². The van der Waals surface area contributed by atoms with E-state index < -0.39 is 5.97 Å². The minimum Gasteiger partial charge on any atom is -0.461 e. The summed E-state index contributed by atoms with van der Waals surface area (Å²) in [7, 11) is 0. The maximum Gasteiger partial charge on any atom is 0.361 e. The van der Waals surface area contributed by atoms with Crippen LogP contribution in [0.15, 0.2) is 12.1 Å². The number of aromatic amines is 1. The normalized spacial score (nSPS) is 10.5. The molecule has 7 heteroatoms. The number of esters is 1. The molecule has 0 amide bonds. The second-order valence-electron chi connectivity index (χ2n) is 3.81. The van der Waals surface area contributed by atoms with Crippen molar-refractivity contribution >= 4 is 28.6 Å². The molecule has 0 saturated carbocycles. The van der Waals surface area contributed by atoms with Crippen LogP contribution in [0, 0.1) is 16.3 Å². The van der Waals surface area contributed by atoms with Crippen LogP contribution >= 0.6 is 22.6 Å². The Kier molecular flexibility index (Phi) is 4.13. The zero-order valence-corrected chi connectivity index (χ0v) is 12.5. The molecule has 1 heterocycles. The summed E-state index contributed by atoms with van der Waals surface area (Å²) < 4.78 is 19.4. The van der Waals surface area contributed by atoms with Gasteiger partial charge in [0.1, 0.15) is 11.5 Å². The molecule has 0 saturated heterocycles. The number of hydrogen-bond donors (Lipinski definition) is 1. The number of benzene rings is 1. The lowest BCUT2D eigenvalue weighted by Crippen LogP contribution is -2.07. The molecular formula is C12H11FIN3O2. The van der Waals surface area contributed by atoms with E-state index >= 15 is 0 Å². The minimum absolute atomic E-state index is 0.0564. The molecule has 0 aliphatic heterocycles. The topological polar surface area (TPSA) is 67.9 Å². The Labute approximate surface area is 122 Å². The zero-order valence-electron chi connectivity index (χ0n) is 10.3. The third-order valence-electron chi connectivity index (χ3n) is 2.57. The fourth-order valence-corrected chi connectivity index (χ4v) is 2.15. The van der Waals surface area contributed by atoms with Crippen molar-refractivity contribution in [2.24, 2.45) is 0 Å². The van der Waals surface area contributed by atoms with Crippen LogP contribution < -0.4 is 0 Å². The average Bonchev–Trinajstić information content (AvgIpc) is 2.84. The first-order chi connectivity index (χ1) is 9.04. The first-order valence-electron chi connectivity index (χ1n) is 5.58. The number of carbonyl (C=O) groups is 1. The minimum atomic E-state index is -0.581. The molecule has 1 aromatic heterocycles. The van der Waals surface area contributed by atoms with Crippen molar-refractivity contribution < 1.29 is 13.9 Å². The van der Waals surface area contributed by atoms with Crippen LogP contribution in [0.5, 0.6) is 0 Å². The van der Waals surface area contributed by atoms with Gasteiger partial charge in [0.05, 0.1) is 6.61 Å². The van der Waals surface area contributed by atoms with Gasteiger partial charge in [-0.2, -0.15) is 10.3 Å². The molecule has 2 aromatic rings. The predicted molar refractivity (Wildman–Crippen MR) is 75.2 cm³/mol. The van der Waals surface area contributed by atoms with Gasteiger partial charge in [0.15, 0.2) is 5.69 Å². The summed E-state index contributed by atoms with van der Waals surface area (Å²) in [5.74, 6) is -0.929. The van der Waals surface area contributed by atoms with Crippen molar-refractivity contribution in [3.63, 3.8) is 0 Å². The van der Waals surface area contributed by atoms with Crippen molar-refractivity contribution in [3.8, 4) is 11.3 Å². The van der Waals surface area contributed by atoms with E-state index in [9.17, 15) is 9.18 Å². The van der Waals surface area contributed by atoms with E-state index in [1.54, 1.807) is 19.9 Å². The van der Waals surface area contributed by atoms with Gasteiger partial charge in [0.25, 0.3) is 0 Å². The molecule has 0 unspecified atom stereocenters. The summed E-state index contributed by atoms with van der Waals surface area (Å²) in [6.07, 6.45) is 0. The van der Waals surface area contributed by atoms with Crippen LogP contribution in [0.25, 0.3) is 11.3 Å². The van der Waals surface area contributed by atoms with Gasteiger partial charge in [-0.05, 0) is 54.1 Å². The number of halogens is 2. The standard InChI is InChI=1S/C12H11FIN3O2/c1-3-19-12(18)11-10(15-17-16-11)7-4-8(13)6(2)9(14)5-7/h4-5H,3H2,1-2H3,(H,15,16,17). The zero-order chi connectivity index (χ0) is 14.0. The lowest BCUT2D eigenvalue weighted by molar-refractivity contribution is 0.0520. The largest absolute Gasteiger partial charge is 0.461 e. The first kappa shape index (κ1) is 13.9. The van der Waals surface area contributed by atoms with Crippen LogP contribution in [0.1, 0.15) is 23.0 Å². The molecule has 0 atom stereocenters. The van der Waals surface area contributed by atoms with Crippen LogP contribution in [0.4, 0.5) is 4.39 Å². The molecule has 100 valence electrons. The van der Waals surface area contributed by atoms with E-state index in [4.69, 9.17) is 4.74 Å². The van der Waals surface area contributed by atoms with Gasteiger partial charge in [-0.15, -0.1) is 5.10 Å². The Bertz CT molecular complexity index is 604. The van der Waals surface area contributed by atoms with E-state index in [-0.39, 0.29) is 23.8 Å². The number of aromatic nitrogens is 3. The molecule has 19 heavy (non-hydrogen) atoms. The van der Waals surface area contributed by atoms with Crippen molar-refractivity contribution in [1.82, 2.24) is 15.4 Å². The Morgan fingerprint density at radius 3 is 2.84 bits per heavy atom. The van der Waals surface area contributed by atoms with E-state index in [1.165, 1.54) is 6.07 Å². The third kappa shape index (κ3) is 2.75. The predicted octanol–water partition coefficient (Wildman–Crippen LogP) is 2.70. The van der Waals surface area contributed by atoms with Crippen LogP contribution in [-0.4, -0.2) is 28.0 Å². The third-order valence-corrected chi connectivity index (χ3v) is 3.69. The van der Waals surface area contributed by atoms with Crippen LogP contribution in [0.3, 0.4) is 0 Å². The molecule has 1 aromatic carbocycles. The molecule has 1 N–H and O–H groups in total. The highest BCUT2D eigenvalue weighted by Crippen LogP contribution is 2.26. The number of H-pyrrole nitrogens is 1. The SMILES string of the molecule is CCOC(=O)c1n[nH]nc1-c1cc(F)c(C)c(I)c1. The summed E-state index contributed by atoms with van der Waals surface area (Å²) in [5.41, 5.74) is 1.39. The quantitative estimate of drug-likeness (QED) is 0.662. The van der Waals surface area contributed by atoms with Crippen LogP contribution in [-0.2, 0) is 4.74 Å². The molecule has 0 radical (unpaired) electrons. The average molecular weight is 375 g/mol. The van der Waals surface area contributed by atoms with E-state index in [1.807, 2.05) is 22.6 Å². The maximum atomic E-state index is 13.7. The van der Waals surface area contributed by atoms with Crippen molar-refractivity contribution in [2.75, 3.05) is 6.61 Å². The summed E-state index contributed by atoms with van der Waals surface area (Å²) in [4.78, 5) is 11.7. The lowest BCUT2D eigenvalue weighted by atomic mass is 10.1. The van der Waals surface area contributed by atoms with Gasteiger partial charge in [-0.3, -0.25) is 0 Å². The first-order valence-corrected chi connectivity index (χ1v) is 6.66. The van der Waals surface area contributed by atoms with E-state index in [0.717, 1.165) is 3.57 Å². The second-order valence-corrected chi connectivity index (χ2v) is 4.97. The summed E-state index contributed by atoms with van der Waals surface area (Å²) >= 11 is 2.03. The van der Waals surface area contributed by atoms with Gasteiger partial charge in [-0.25, -0.2) is 9.18 Å². The highest BCUT2D eigenvalue weighted by Gasteiger charge is 2.20. The molecular weight excluding hydrogens is 364 g/mol. The fraction of sp³-hybridized carbons (Fsp3) is 0.250. The maximum absolute atomic E-state index is 13.7. The highest BCUT2D eigenvalue weighted by molar-refractivity contribution is 14.1. The van der Waals surface area contributed by atoms with Gasteiger partial charge >= 0.3 is 5.97 Å². The molecule has 5 nitrogen and oxygen atoms in total. The Morgan fingerprint density at radius 1 is 1.47 bits per heavy atom. The summed E-state index contributed by atoms with van der Waals surface area (Å²) in [5, 5.41) is 10.0. The number of carbonyl (C=O) groups excluding carboxylic acids is 1. The Hall–Kier alpha value is -1.51. The smallest absolute Gasteiger partial charge is 0.361 e. The molecule has 0 aliphatic carbocycles. The molecule has 0 fully saturated rings. The number of nitrogens with one attached hydrogen (secondary N) is 1. The number of rotatable bonds is 3. The van der Waals surface area contributed by atoms with Gasteiger partial charge in [-0.1, -0.05) is 0 Å². The Morgan fingerprint density at radius 2 is 2.21 bits per heavy atom. The van der Waals surface area contributed by atoms with Gasteiger partial charge in [0.2, 0.25) is 0 Å². The number of ether oxygens (including phenoxy) is 1. The van der Waals surface area contributed by atoms with Gasteiger partial charge < -0.3 is 4.74 Å². The number of hydrogen-bond acceptors (Lipinski definition) is 4. The van der Waals surface area contributed by atoms with Crippen molar-refractivity contribution in [1.29, 1.82) is 0 Å². The van der Waals surface area contributed by atoms with Crippen LogP contribution in [0.2, 0.25) is 0 Å². The fourth-order valence-electron chi connectivity index (χ4n) is 1.56. The second kappa shape index (κ2) is 5.64. The monoisotopic (exact) mass is 375 g/mol. The molecule has 2 rings (SSSR count). The van der Waals surface area contributed by atoms with Gasteiger partial charge in [0, 0.05) is 9.13 Å². The van der Waals surface area contributed by atoms with E-state index in [2.05, 4.69) is 15.4 Å². The summed E-state index contributed by atoms with van der Waals surface area (Å²) in [6, 6.07) is 3.08. The molecule has 0 bridgehead atoms. The lowest BCUT2D eigenvalue weighted by Gasteiger charge is -2.05. The van der Waals surface area contributed by atoms with E-state index in [0.29, 0.717) is 11.1 Å².